The first kappa shape index (κ1) is 12.3. The molecule has 0 bridgehead atoms. The maximum absolute atomic E-state index is 5.92. The van der Waals surface area contributed by atoms with Crippen LogP contribution in [-0.4, -0.2) is 29.6 Å². The monoisotopic (exact) mass is 263 g/mol. The number of aryl methyl sites for hydroxylation is 2. The molecular weight excluding hydrogens is 242 g/mol. The van der Waals surface area contributed by atoms with Crippen LogP contribution in [0.5, 0.6) is 0 Å². The van der Waals surface area contributed by atoms with E-state index >= 15 is 0 Å². The molecule has 0 amide bonds. The molecule has 1 aliphatic heterocycles. The number of hydrogen-bond acceptors (Lipinski definition) is 4. The van der Waals surface area contributed by atoms with Crippen LogP contribution in [-0.2, 0) is 19.4 Å². The van der Waals surface area contributed by atoms with E-state index in [4.69, 9.17) is 10.7 Å². The Morgan fingerprint density at radius 3 is 2.78 bits per heavy atom. The van der Waals surface area contributed by atoms with E-state index in [2.05, 4.69) is 11.0 Å². The highest BCUT2D eigenvalue weighted by molar-refractivity contribution is 7.99. The van der Waals surface area contributed by atoms with Crippen LogP contribution in [0, 0.1) is 0 Å². The summed E-state index contributed by atoms with van der Waals surface area (Å²) in [6.45, 7) is 2.84. The summed E-state index contributed by atoms with van der Waals surface area (Å²) >= 11 is 2.03. The molecule has 3 rings (SSSR count). The summed E-state index contributed by atoms with van der Waals surface area (Å²) in [5, 5.41) is 0. The zero-order chi connectivity index (χ0) is 12.4. The lowest BCUT2D eigenvalue weighted by Gasteiger charge is -2.30. The van der Waals surface area contributed by atoms with Crippen LogP contribution < -0.4 is 10.6 Å². The van der Waals surface area contributed by atoms with Crippen molar-refractivity contribution in [3.05, 3.63) is 22.9 Å². The van der Waals surface area contributed by atoms with E-state index < -0.39 is 0 Å². The lowest BCUT2D eigenvalue weighted by Crippen LogP contribution is -2.34. The van der Waals surface area contributed by atoms with Crippen molar-refractivity contribution in [2.45, 2.75) is 32.2 Å². The summed E-state index contributed by atoms with van der Waals surface area (Å²) in [5.41, 5.74) is 9.92. The molecule has 0 spiro atoms. The van der Waals surface area contributed by atoms with Gasteiger partial charge in [-0.1, -0.05) is 0 Å². The predicted molar refractivity (Wildman–Crippen MR) is 78.3 cm³/mol. The van der Waals surface area contributed by atoms with Crippen molar-refractivity contribution in [1.29, 1.82) is 0 Å². The van der Waals surface area contributed by atoms with Gasteiger partial charge in [0.25, 0.3) is 0 Å². The Balaban J connectivity index is 1.95. The van der Waals surface area contributed by atoms with E-state index in [9.17, 15) is 0 Å². The molecule has 1 fully saturated rings. The molecule has 98 valence electrons. The first-order valence-electron chi connectivity index (χ1n) is 6.93. The molecule has 1 aromatic heterocycles. The predicted octanol–water partition coefficient (Wildman–Crippen LogP) is 1.97. The Bertz CT molecular complexity index is 427. The SMILES string of the molecule is NCc1cc2c(nc1N1CCSCC1)CCCC2. The van der Waals surface area contributed by atoms with E-state index in [0.29, 0.717) is 6.54 Å². The van der Waals surface area contributed by atoms with Crippen LogP contribution in [0.1, 0.15) is 29.7 Å². The molecule has 18 heavy (non-hydrogen) atoms. The average molecular weight is 263 g/mol. The Labute approximate surface area is 113 Å². The highest BCUT2D eigenvalue weighted by Gasteiger charge is 2.19. The Kier molecular flexibility index (Phi) is 3.75. The fraction of sp³-hybridized carbons (Fsp3) is 0.643. The lowest BCUT2D eigenvalue weighted by molar-refractivity contribution is 0.662. The van der Waals surface area contributed by atoms with Gasteiger partial charge in [0.15, 0.2) is 0 Å². The van der Waals surface area contributed by atoms with Crippen LogP contribution in [0.25, 0.3) is 0 Å². The maximum atomic E-state index is 5.92. The Morgan fingerprint density at radius 2 is 2.00 bits per heavy atom. The van der Waals surface area contributed by atoms with Gasteiger partial charge >= 0.3 is 0 Å². The molecule has 1 aromatic rings. The van der Waals surface area contributed by atoms with Gasteiger partial charge in [-0.25, -0.2) is 4.98 Å². The van der Waals surface area contributed by atoms with Gasteiger partial charge in [0.1, 0.15) is 5.82 Å². The van der Waals surface area contributed by atoms with Gasteiger partial charge in [0.2, 0.25) is 0 Å². The zero-order valence-corrected chi connectivity index (χ0v) is 11.6. The number of aromatic nitrogens is 1. The van der Waals surface area contributed by atoms with Crippen molar-refractivity contribution < 1.29 is 0 Å². The quantitative estimate of drug-likeness (QED) is 0.886. The molecule has 0 unspecified atom stereocenters. The van der Waals surface area contributed by atoms with Crippen LogP contribution in [0.2, 0.25) is 0 Å². The van der Waals surface area contributed by atoms with E-state index in [-0.39, 0.29) is 0 Å². The van der Waals surface area contributed by atoms with E-state index in [1.54, 1.807) is 0 Å². The summed E-state index contributed by atoms with van der Waals surface area (Å²) in [6.07, 6.45) is 4.93. The molecule has 4 heteroatoms. The van der Waals surface area contributed by atoms with E-state index in [0.717, 1.165) is 19.5 Å². The van der Waals surface area contributed by atoms with Crippen molar-refractivity contribution in [3.63, 3.8) is 0 Å². The second-order valence-corrected chi connectivity index (χ2v) is 6.31. The lowest BCUT2D eigenvalue weighted by atomic mass is 9.94. The van der Waals surface area contributed by atoms with Crippen LogP contribution >= 0.6 is 11.8 Å². The van der Waals surface area contributed by atoms with Crippen molar-refractivity contribution >= 4 is 17.6 Å². The standard InChI is InChI=1S/C14H21N3S/c15-10-12-9-11-3-1-2-4-13(11)16-14(12)17-5-7-18-8-6-17/h9H,1-8,10,15H2. The first-order chi connectivity index (χ1) is 8.88. The van der Waals surface area contributed by atoms with Crippen molar-refractivity contribution in [2.24, 2.45) is 5.73 Å². The number of pyridine rings is 1. The summed E-state index contributed by atoms with van der Waals surface area (Å²) in [6, 6.07) is 2.32. The van der Waals surface area contributed by atoms with Crippen LogP contribution in [0.15, 0.2) is 6.07 Å². The van der Waals surface area contributed by atoms with Crippen molar-refractivity contribution in [3.8, 4) is 0 Å². The molecule has 0 saturated carbocycles. The highest BCUT2D eigenvalue weighted by atomic mass is 32.2. The molecule has 3 nitrogen and oxygen atoms in total. The molecule has 0 atom stereocenters. The zero-order valence-electron chi connectivity index (χ0n) is 10.8. The van der Waals surface area contributed by atoms with Crippen LogP contribution in [0.4, 0.5) is 5.82 Å². The number of nitrogens with zero attached hydrogens (tertiary/aromatic N) is 2. The second-order valence-electron chi connectivity index (χ2n) is 5.09. The van der Waals surface area contributed by atoms with E-state index in [1.807, 2.05) is 11.8 Å². The fourth-order valence-electron chi connectivity index (χ4n) is 2.87. The number of thioether (sulfide) groups is 1. The summed E-state index contributed by atoms with van der Waals surface area (Å²) in [4.78, 5) is 7.37. The van der Waals surface area contributed by atoms with Gasteiger partial charge in [-0.15, -0.1) is 0 Å². The van der Waals surface area contributed by atoms with Gasteiger partial charge < -0.3 is 10.6 Å². The topological polar surface area (TPSA) is 42.1 Å². The number of nitrogens with two attached hydrogens (primary N) is 1. The van der Waals surface area contributed by atoms with Gasteiger partial charge in [0.05, 0.1) is 0 Å². The normalized spacial score (nSPS) is 19.7. The van der Waals surface area contributed by atoms with Gasteiger partial charge in [0, 0.05) is 42.4 Å². The van der Waals surface area contributed by atoms with Crippen molar-refractivity contribution in [1.82, 2.24) is 4.98 Å². The minimum Gasteiger partial charge on any atom is -0.355 e. The maximum Gasteiger partial charge on any atom is 0.133 e. The number of rotatable bonds is 2. The molecule has 2 heterocycles. The highest BCUT2D eigenvalue weighted by Crippen LogP contribution is 2.28. The van der Waals surface area contributed by atoms with E-state index in [1.165, 1.54) is 53.4 Å². The summed E-state index contributed by atoms with van der Waals surface area (Å²) in [7, 11) is 0. The molecule has 1 aliphatic carbocycles. The fourth-order valence-corrected chi connectivity index (χ4v) is 3.77. The molecule has 2 N–H and O–H groups in total. The minimum atomic E-state index is 0.610. The number of fused-ring (bicyclic) bond motifs is 1. The number of anilines is 1. The van der Waals surface area contributed by atoms with Gasteiger partial charge in [-0.05, 0) is 37.3 Å². The first-order valence-corrected chi connectivity index (χ1v) is 8.08. The minimum absolute atomic E-state index is 0.610. The smallest absolute Gasteiger partial charge is 0.133 e. The second kappa shape index (κ2) is 5.49. The molecule has 0 aromatic carbocycles. The van der Waals surface area contributed by atoms with Crippen LogP contribution in [0.3, 0.4) is 0 Å². The molecular formula is C14H21N3S. The summed E-state index contributed by atoms with van der Waals surface area (Å²) in [5.74, 6) is 3.59. The van der Waals surface area contributed by atoms with Crippen molar-refractivity contribution in [2.75, 3.05) is 29.5 Å². The third-order valence-electron chi connectivity index (χ3n) is 3.89. The third kappa shape index (κ3) is 2.36. The average Bonchev–Trinajstić information content (AvgIpc) is 2.46. The third-order valence-corrected chi connectivity index (χ3v) is 4.83. The molecule has 0 radical (unpaired) electrons. The molecule has 1 saturated heterocycles. The number of hydrogen-bond donors (Lipinski definition) is 1. The Morgan fingerprint density at radius 1 is 1.22 bits per heavy atom. The van der Waals surface area contributed by atoms with Gasteiger partial charge in [-0.2, -0.15) is 11.8 Å². The van der Waals surface area contributed by atoms with Gasteiger partial charge in [-0.3, -0.25) is 0 Å². The Hall–Kier alpha value is -0.740. The summed E-state index contributed by atoms with van der Waals surface area (Å²) < 4.78 is 0. The largest absolute Gasteiger partial charge is 0.355 e. The molecule has 2 aliphatic rings.